The van der Waals surface area contributed by atoms with Crippen molar-refractivity contribution in [1.82, 2.24) is 4.31 Å². The first-order chi connectivity index (χ1) is 7.44. The number of sulfonamides is 1. The monoisotopic (exact) mass is 252 g/mol. The summed E-state index contributed by atoms with van der Waals surface area (Å²) in [4.78, 5) is 0. The molecule has 0 amide bonds. The van der Waals surface area contributed by atoms with Crippen molar-refractivity contribution in [3.63, 3.8) is 0 Å². The molecule has 0 aromatic carbocycles. The Labute approximate surface area is 99.0 Å². The molecule has 0 aliphatic rings. The average Bonchev–Trinajstić information content (AvgIpc) is 2.16. The Morgan fingerprint density at radius 3 is 2.38 bits per heavy atom. The smallest absolute Gasteiger partial charge is 0.216 e. The third-order valence-electron chi connectivity index (χ3n) is 2.04. The van der Waals surface area contributed by atoms with E-state index >= 15 is 0 Å². The first kappa shape index (κ1) is 15.8. The van der Waals surface area contributed by atoms with Crippen LogP contribution in [0.2, 0.25) is 0 Å². The Morgan fingerprint density at radius 1 is 1.31 bits per heavy atom. The van der Waals surface area contributed by atoms with Gasteiger partial charge in [0.1, 0.15) is 0 Å². The first-order valence-corrected chi connectivity index (χ1v) is 7.34. The van der Waals surface area contributed by atoms with E-state index in [0.29, 0.717) is 19.6 Å². The standard InChI is InChI=1S/C10H24N2O3S/c1-4-6-12(7-5-11)16(13,14)9-8-15-10(2)3/h10H,4-9,11H2,1-3H3. The summed E-state index contributed by atoms with van der Waals surface area (Å²) in [5, 5.41) is 0. The third-order valence-corrected chi connectivity index (χ3v) is 3.87. The maximum atomic E-state index is 11.9. The first-order valence-electron chi connectivity index (χ1n) is 5.73. The van der Waals surface area contributed by atoms with Crippen molar-refractivity contribution in [2.75, 3.05) is 32.0 Å². The van der Waals surface area contributed by atoms with Crippen LogP contribution in [0.3, 0.4) is 0 Å². The van der Waals surface area contributed by atoms with Gasteiger partial charge in [-0.25, -0.2) is 12.7 Å². The van der Waals surface area contributed by atoms with Crippen LogP contribution in [0.25, 0.3) is 0 Å². The van der Waals surface area contributed by atoms with E-state index in [1.54, 1.807) is 0 Å². The summed E-state index contributed by atoms with van der Waals surface area (Å²) in [6.45, 7) is 7.23. The van der Waals surface area contributed by atoms with Gasteiger partial charge in [0.15, 0.2) is 0 Å². The zero-order valence-electron chi connectivity index (χ0n) is 10.5. The molecule has 0 aliphatic carbocycles. The number of rotatable bonds is 9. The van der Waals surface area contributed by atoms with Crippen LogP contribution in [0, 0.1) is 0 Å². The minimum absolute atomic E-state index is 0.0329. The highest BCUT2D eigenvalue weighted by molar-refractivity contribution is 7.89. The van der Waals surface area contributed by atoms with Crippen molar-refractivity contribution in [3.8, 4) is 0 Å². The van der Waals surface area contributed by atoms with Crippen LogP contribution in [-0.2, 0) is 14.8 Å². The van der Waals surface area contributed by atoms with E-state index in [1.807, 2.05) is 20.8 Å². The minimum Gasteiger partial charge on any atom is -0.378 e. The van der Waals surface area contributed by atoms with Gasteiger partial charge in [-0.15, -0.1) is 0 Å². The fourth-order valence-electron chi connectivity index (χ4n) is 1.30. The molecule has 0 unspecified atom stereocenters. The fraction of sp³-hybridized carbons (Fsp3) is 1.00. The normalized spacial score (nSPS) is 12.6. The lowest BCUT2D eigenvalue weighted by Crippen LogP contribution is -2.38. The Bertz CT molecular complexity index is 259. The van der Waals surface area contributed by atoms with E-state index in [1.165, 1.54) is 4.31 Å². The van der Waals surface area contributed by atoms with Gasteiger partial charge in [0.2, 0.25) is 10.0 Å². The third kappa shape index (κ3) is 6.42. The second kappa shape index (κ2) is 8.00. The van der Waals surface area contributed by atoms with Gasteiger partial charge in [-0.05, 0) is 20.3 Å². The van der Waals surface area contributed by atoms with E-state index in [9.17, 15) is 8.42 Å². The molecule has 16 heavy (non-hydrogen) atoms. The van der Waals surface area contributed by atoms with E-state index in [-0.39, 0.29) is 18.5 Å². The maximum Gasteiger partial charge on any atom is 0.216 e. The topological polar surface area (TPSA) is 72.6 Å². The van der Waals surface area contributed by atoms with Gasteiger partial charge in [0.25, 0.3) is 0 Å². The second-order valence-corrected chi connectivity index (χ2v) is 6.01. The van der Waals surface area contributed by atoms with Crippen LogP contribution in [0.15, 0.2) is 0 Å². The van der Waals surface area contributed by atoms with Gasteiger partial charge in [-0.1, -0.05) is 6.92 Å². The molecule has 0 aromatic heterocycles. The quantitative estimate of drug-likeness (QED) is 0.645. The molecule has 0 rings (SSSR count). The van der Waals surface area contributed by atoms with Gasteiger partial charge in [-0.3, -0.25) is 0 Å². The van der Waals surface area contributed by atoms with E-state index in [0.717, 1.165) is 6.42 Å². The molecule has 0 aliphatic heterocycles. The molecular formula is C10H24N2O3S. The van der Waals surface area contributed by atoms with Crippen molar-refractivity contribution in [1.29, 1.82) is 0 Å². The summed E-state index contributed by atoms with van der Waals surface area (Å²) in [6.07, 6.45) is 0.855. The average molecular weight is 252 g/mol. The number of nitrogens with two attached hydrogens (primary N) is 1. The van der Waals surface area contributed by atoms with Crippen LogP contribution in [-0.4, -0.2) is 50.8 Å². The Balaban J connectivity index is 4.24. The summed E-state index contributed by atoms with van der Waals surface area (Å²) in [5.74, 6) is 0.0329. The lowest BCUT2D eigenvalue weighted by Gasteiger charge is -2.21. The summed E-state index contributed by atoms with van der Waals surface area (Å²) in [7, 11) is -3.21. The Kier molecular flexibility index (Phi) is 7.91. The molecule has 0 saturated carbocycles. The summed E-state index contributed by atoms with van der Waals surface area (Å²) < 4.78 is 30.5. The van der Waals surface area contributed by atoms with Crippen molar-refractivity contribution in [3.05, 3.63) is 0 Å². The summed E-state index contributed by atoms with van der Waals surface area (Å²) in [6, 6.07) is 0. The fourth-order valence-corrected chi connectivity index (χ4v) is 2.71. The minimum atomic E-state index is -3.21. The van der Waals surface area contributed by atoms with Crippen molar-refractivity contribution >= 4 is 10.0 Å². The summed E-state index contributed by atoms with van der Waals surface area (Å²) in [5.41, 5.74) is 5.40. The molecule has 0 saturated heterocycles. The van der Waals surface area contributed by atoms with E-state index < -0.39 is 10.0 Å². The van der Waals surface area contributed by atoms with Gasteiger partial charge in [0, 0.05) is 19.6 Å². The predicted molar refractivity (Wildman–Crippen MR) is 65.8 cm³/mol. The van der Waals surface area contributed by atoms with Crippen molar-refractivity contribution in [2.24, 2.45) is 5.73 Å². The van der Waals surface area contributed by atoms with Crippen molar-refractivity contribution in [2.45, 2.75) is 33.3 Å². The molecule has 6 heteroatoms. The highest BCUT2D eigenvalue weighted by Gasteiger charge is 2.20. The molecule has 0 heterocycles. The molecule has 98 valence electrons. The molecule has 5 nitrogen and oxygen atoms in total. The van der Waals surface area contributed by atoms with Gasteiger partial charge < -0.3 is 10.5 Å². The number of ether oxygens (including phenoxy) is 1. The highest BCUT2D eigenvalue weighted by Crippen LogP contribution is 2.03. The van der Waals surface area contributed by atoms with Crippen LogP contribution in [0.5, 0.6) is 0 Å². The second-order valence-electron chi connectivity index (χ2n) is 3.92. The largest absolute Gasteiger partial charge is 0.378 e. The molecule has 0 bridgehead atoms. The predicted octanol–water partition coefficient (Wildman–Crippen LogP) is 0.412. The SMILES string of the molecule is CCCN(CCN)S(=O)(=O)CCOC(C)C. The number of hydrogen-bond donors (Lipinski definition) is 1. The van der Waals surface area contributed by atoms with Crippen LogP contribution in [0.1, 0.15) is 27.2 Å². The number of hydrogen-bond acceptors (Lipinski definition) is 4. The lowest BCUT2D eigenvalue weighted by molar-refractivity contribution is 0.0907. The highest BCUT2D eigenvalue weighted by atomic mass is 32.2. The van der Waals surface area contributed by atoms with E-state index in [2.05, 4.69) is 0 Å². The van der Waals surface area contributed by atoms with Crippen LogP contribution in [0.4, 0.5) is 0 Å². The molecule has 0 atom stereocenters. The molecule has 0 radical (unpaired) electrons. The zero-order chi connectivity index (χ0) is 12.6. The molecule has 0 aromatic rings. The lowest BCUT2D eigenvalue weighted by atomic mass is 10.5. The molecular weight excluding hydrogens is 228 g/mol. The van der Waals surface area contributed by atoms with Crippen LogP contribution < -0.4 is 5.73 Å². The summed E-state index contributed by atoms with van der Waals surface area (Å²) >= 11 is 0. The zero-order valence-corrected chi connectivity index (χ0v) is 11.3. The number of nitrogens with zero attached hydrogens (tertiary/aromatic N) is 1. The van der Waals surface area contributed by atoms with Gasteiger partial charge in [-0.2, -0.15) is 0 Å². The van der Waals surface area contributed by atoms with Gasteiger partial charge in [0.05, 0.1) is 18.5 Å². The van der Waals surface area contributed by atoms with Crippen LogP contribution >= 0.6 is 0 Å². The van der Waals surface area contributed by atoms with Crippen molar-refractivity contribution < 1.29 is 13.2 Å². The maximum absolute atomic E-state index is 11.9. The molecule has 0 fully saturated rings. The van der Waals surface area contributed by atoms with E-state index in [4.69, 9.17) is 10.5 Å². The molecule has 2 N–H and O–H groups in total. The Hall–Kier alpha value is -0.170. The van der Waals surface area contributed by atoms with Gasteiger partial charge >= 0.3 is 0 Å². The molecule has 0 spiro atoms. The Morgan fingerprint density at radius 2 is 1.94 bits per heavy atom.